The third kappa shape index (κ3) is 6.79. The number of hydrogen-bond acceptors (Lipinski definition) is 4. The molecule has 1 aromatic rings. The van der Waals surface area contributed by atoms with Crippen molar-refractivity contribution in [1.29, 1.82) is 0 Å². The number of nitrogens with zero attached hydrogens (tertiary/aromatic N) is 4. The van der Waals surface area contributed by atoms with Gasteiger partial charge in [-0.25, -0.2) is 0 Å². The maximum absolute atomic E-state index is 12.7. The maximum Gasteiger partial charge on any atom is 0.236 e. The molecule has 2 atom stereocenters. The highest BCUT2D eigenvalue weighted by Gasteiger charge is 2.28. The van der Waals surface area contributed by atoms with Gasteiger partial charge in [0.15, 0.2) is 0 Å². The molecule has 2 aliphatic rings. The second-order valence-corrected chi connectivity index (χ2v) is 10.1. The van der Waals surface area contributed by atoms with Gasteiger partial charge in [0.1, 0.15) is 0 Å². The summed E-state index contributed by atoms with van der Waals surface area (Å²) in [4.78, 5) is 33.6. The van der Waals surface area contributed by atoms with E-state index >= 15 is 0 Å². The van der Waals surface area contributed by atoms with E-state index in [9.17, 15) is 9.59 Å². The summed E-state index contributed by atoms with van der Waals surface area (Å²) >= 11 is 3.44. The average molecular weight is 479 g/mol. The van der Waals surface area contributed by atoms with Gasteiger partial charge in [-0.05, 0) is 36.0 Å². The van der Waals surface area contributed by atoms with Crippen molar-refractivity contribution in [3.8, 4) is 0 Å². The van der Waals surface area contributed by atoms with Crippen LogP contribution in [-0.4, -0.2) is 90.8 Å². The molecule has 0 spiro atoms. The van der Waals surface area contributed by atoms with E-state index < -0.39 is 0 Å². The van der Waals surface area contributed by atoms with Crippen LogP contribution in [0, 0.1) is 11.8 Å². The zero-order chi connectivity index (χ0) is 21.7. The van der Waals surface area contributed by atoms with Crippen LogP contribution in [0.1, 0.15) is 25.8 Å². The Morgan fingerprint density at radius 2 is 1.50 bits per heavy atom. The first kappa shape index (κ1) is 23.2. The molecule has 2 aliphatic heterocycles. The number of amides is 2. The molecule has 0 unspecified atom stereocenters. The Hall–Kier alpha value is -1.44. The first-order valence-electron chi connectivity index (χ1n) is 11.0. The molecule has 7 heteroatoms. The summed E-state index contributed by atoms with van der Waals surface area (Å²) in [6.45, 7) is 11.2. The minimum Gasteiger partial charge on any atom is -0.341 e. The highest BCUT2D eigenvalue weighted by Crippen LogP contribution is 2.21. The van der Waals surface area contributed by atoms with Crippen LogP contribution in [0.5, 0.6) is 0 Å². The minimum absolute atomic E-state index is 0.138. The zero-order valence-electron chi connectivity index (χ0n) is 18.5. The molecule has 2 saturated heterocycles. The van der Waals surface area contributed by atoms with Crippen molar-refractivity contribution in [2.24, 2.45) is 11.8 Å². The summed E-state index contributed by atoms with van der Waals surface area (Å²) in [5, 5.41) is 0. The SMILES string of the molecule is C[C@@H]1C[C@H](C)CN(C(=O)CN2CCN(CC(=O)N(C)Cc3ccc(Br)cc3)CC2)C1. The number of carbonyl (C=O) groups excluding carboxylic acids is 2. The second kappa shape index (κ2) is 10.7. The maximum atomic E-state index is 12.7. The van der Waals surface area contributed by atoms with E-state index in [4.69, 9.17) is 0 Å². The lowest BCUT2D eigenvalue weighted by molar-refractivity contribution is -0.136. The van der Waals surface area contributed by atoms with Crippen LogP contribution in [-0.2, 0) is 16.1 Å². The molecule has 166 valence electrons. The van der Waals surface area contributed by atoms with Gasteiger partial charge in [0, 0.05) is 57.3 Å². The van der Waals surface area contributed by atoms with Gasteiger partial charge in [-0.15, -0.1) is 0 Å². The Labute approximate surface area is 189 Å². The Balaban J connectivity index is 1.39. The molecule has 0 bridgehead atoms. The smallest absolute Gasteiger partial charge is 0.236 e. The van der Waals surface area contributed by atoms with Gasteiger partial charge in [-0.3, -0.25) is 19.4 Å². The van der Waals surface area contributed by atoms with Gasteiger partial charge in [0.05, 0.1) is 13.1 Å². The van der Waals surface area contributed by atoms with Crippen LogP contribution in [0.3, 0.4) is 0 Å². The largest absolute Gasteiger partial charge is 0.341 e. The molecule has 2 amide bonds. The molecule has 2 heterocycles. The van der Waals surface area contributed by atoms with Crippen molar-refractivity contribution in [2.75, 3.05) is 59.4 Å². The predicted octanol–water partition coefficient (Wildman–Crippen LogP) is 2.53. The van der Waals surface area contributed by atoms with Crippen molar-refractivity contribution in [3.63, 3.8) is 0 Å². The molecular formula is C23H35BrN4O2. The molecule has 0 aromatic heterocycles. The third-order valence-electron chi connectivity index (χ3n) is 6.16. The summed E-state index contributed by atoms with van der Waals surface area (Å²) in [6.07, 6.45) is 1.22. The predicted molar refractivity (Wildman–Crippen MR) is 123 cm³/mol. The first-order chi connectivity index (χ1) is 14.3. The summed E-state index contributed by atoms with van der Waals surface area (Å²) in [6, 6.07) is 8.07. The average Bonchev–Trinajstić information content (AvgIpc) is 2.70. The summed E-state index contributed by atoms with van der Waals surface area (Å²) in [7, 11) is 1.86. The molecule has 1 aromatic carbocycles. The van der Waals surface area contributed by atoms with Crippen LogP contribution in [0.25, 0.3) is 0 Å². The van der Waals surface area contributed by atoms with Crippen LogP contribution < -0.4 is 0 Å². The van der Waals surface area contributed by atoms with Crippen LogP contribution >= 0.6 is 15.9 Å². The fourth-order valence-corrected chi connectivity index (χ4v) is 4.79. The molecule has 30 heavy (non-hydrogen) atoms. The molecule has 3 rings (SSSR count). The standard InChI is InChI=1S/C23H35BrN4O2/c1-18-12-19(2)14-28(13-18)23(30)17-27-10-8-26(9-11-27)16-22(29)25(3)15-20-4-6-21(24)7-5-20/h4-7,18-19H,8-17H2,1-3H3/t18-,19+. The molecule has 0 N–H and O–H groups in total. The van der Waals surface area contributed by atoms with Crippen LogP contribution in [0.4, 0.5) is 0 Å². The lowest BCUT2D eigenvalue weighted by Gasteiger charge is -2.38. The number of carbonyl (C=O) groups is 2. The Morgan fingerprint density at radius 3 is 2.07 bits per heavy atom. The monoisotopic (exact) mass is 478 g/mol. The molecule has 0 saturated carbocycles. The number of likely N-dealkylation sites (tertiary alicyclic amines) is 1. The van der Waals surface area contributed by atoms with E-state index in [1.807, 2.05) is 36.2 Å². The third-order valence-corrected chi connectivity index (χ3v) is 6.69. The number of piperidine rings is 1. The summed E-state index contributed by atoms with van der Waals surface area (Å²) in [5.41, 5.74) is 1.12. The molecule has 0 aliphatic carbocycles. The van der Waals surface area contributed by atoms with Crippen molar-refractivity contribution in [3.05, 3.63) is 34.3 Å². The number of rotatable bonds is 6. The normalized spacial score (nSPS) is 23.4. The van der Waals surface area contributed by atoms with Gasteiger partial charge >= 0.3 is 0 Å². The molecule has 2 fully saturated rings. The lowest BCUT2D eigenvalue weighted by atomic mass is 9.92. The molecular weight excluding hydrogens is 444 g/mol. The quantitative estimate of drug-likeness (QED) is 0.630. The Kier molecular flexibility index (Phi) is 8.31. The fourth-order valence-electron chi connectivity index (χ4n) is 4.53. The van der Waals surface area contributed by atoms with Gasteiger partial charge in [-0.2, -0.15) is 0 Å². The highest BCUT2D eigenvalue weighted by atomic mass is 79.9. The van der Waals surface area contributed by atoms with E-state index in [1.54, 1.807) is 4.90 Å². The van der Waals surface area contributed by atoms with Gasteiger partial charge < -0.3 is 9.80 Å². The highest BCUT2D eigenvalue weighted by molar-refractivity contribution is 9.10. The molecule has 6 nitrogen and oxygen atoms in total. The number of benzene rings is 1. The van der Waals surface area contributed by atoms with Crippen molar-refractivity contribution >= 4 is 27.7 Å². The summed E-state index contributed by atoms with van der Waals surface area (Å²) < 4.78 is 1.04. The Bertz CT molecular complexity index is 708. The second-order valence-electron chi connectivity index (χ2n) is 9.17. The number of halogens is 1. The van der Waals surface area contributed by atoms with Gasteiger partial charge in [-0.1, -0.05) is 41.9 Å². The topological polar surface area (TPSA) is 47.1 Å². The van der Waals surface area contributed by atoms with E-state index in [0.717, 1.165) is 49.3 Å². The summed E-state index contributed by atoms with van der Waals surface area (Å²) in [5.74, 6) is 1.58. The van der Waals surface area contributed by atoms with Crippen LogP contribution in [0.15, 0.2) is 28.7 Å². The van der Waals surface area contributed by atoms with Crippen molar-refractivity contribution < 1.29 is 9.59 Å². The van der Waals surface area contributed by atoms with Crippen molar-refractivity contribution in [1.82, 2.24) is 19.6 Å². The Morgan fingerprint density at radius 1 is 0.967 bits per heavy atom. The number of piperazine rings is 1. The number of hydrogen-bond donors (Lipinski definition) is 0. The lowest BCUT2D eigenvalue weighted by Crippen LogP contribution is -2.53. The van der Waals surface area contributed by atoms with E-state index in [2.05, 4.69) is 39.6 Å². The van der Waals surface area contributed by atoms with E-state index in [1.165, 1.54) is 6.42 Å². The minimum atomic E-state index is 0.138. The van der Waals surface area contributed by atoms with E-state index in [-0.39, 0.29) is 11.8 Å². The zero-order valence-corrected chi connectivity index (χ0v) is 20.1. The van der Waals surface area contributed by atoms with Crippen LogP contribution in [0.2, 0.25) is 0 Å². The van der Waals surface area contributed by atoms with E-state index in [0.29, 0.717) is 31.5 Å². The van der Waals surface area contributed by atoms with Gasteiger partial charge in [0.25, 0.3) is 0 Å². The fraction of sp³-hybridized carbons (Fsp3) is 0.652. The molecule has 0 radical (unpaired) electrons. The number of likely N-dealkylation sites (N-methyl/N-ethyl adjacent to an activating group) is 1. The first-order valence-corrected chi connectivity index (χ1v) is 11.8. The van der Waals surface area contributed by atoms with Crippen molar-refractivity contribution in [2.45, 2.75) is 26.8 Å². The van der Waals surface area contributed by atoms with Gasteiger partial charge in [0.2, 0.25) is 11.8 Å².